The van der Waals surface area contributed by atoms with Gasteiger partial charge in [-0.15, -0.1) is 0 Å². The largest absolute Gasteiger partial charge is 0.389 e. The Balaban J connectivity index is 1.95. The number of rotatable bonds is 1. The average Bonchev–Trinajstić information content (AvgIpc) is 2.01. The zero-order chi connectivity index (χ0) is 7.68. The minimum absolute atomic E-state index is 0.109. The van der Waals surface area contributed by atoms with E-state index in [9.17, 15) is 0 Å². The maximum Gasteiger partial charge on any atom is 0.0889 e. The molecule has 1 N–H and O–H groups in total. The van der Waals surface area contributed by atoms with E-state index in [1.165, 1.54) is 5.70 Å². The normalized spacial score (nSPS) is 24.8. The minimum Gasteiger partial charge on any atom is -0.389 e. The number of nitrogens with zero attached hydrogens (tertiary/aromatic N) is 2. The molecule has 60 valence electrons. The number of hydrogen-bond donors (Lipinski definition) is 1. The first-order valence-electron chi connectivity index (χ1n) is 4.00. The van der Waals surface area contributed by atoms with Crippen molar-refractivity contribution in [2.75, 3.05) is 13.1 Å². The van der Waals surface area contributed by atoms with Crippen molar-refractivity contribution >= 4 is 6.21 Å². The van der Waals surface area contributed by atoms with Gasteiger partial charge in [0.25, 0.3) is 0 Å². The molecule has 3 heteroatoms. The topological polar surface area (TPSA) is 35.8 Å². The van der Waals surface area contributed by atoms with Crippen LogP contribution >= 0.6 is 0 Å². The molecule has 1 fully saturated rings. The fourth-order valence-electron chi connectivity index (χ4n) is 1.42. The molecule has 0 amide bonds. The molecule has 1 saturated heterocycles. The standard InChI is InChI=1S/C8H12N2O/c11-8-5-10(6-8)7-2-1-3-9-4-7/h3-4,8,11H,1-2,5-6H2. The van der Waals surface area contributed by atoms with Crippen molar-refractivity contribution in [3.05, 3.63) is 11.9 Å². The van der Waals surface area contributed by atoms with E-state index >= 15 is 0 Å². The first-order chi connectivity index (χ1) is 5.36. The summed E-state index contributed by atoms with van der Waals surface area (Å²) >= 11 is 0. The van der Waals surface area contributed by atoms with E-state index in [1.807, 2.05) is 12.4 Å². The Kier molecular flexibility index (Phi) is 1.66. The molecule has 0 saturated carbocycles. The number of likely N-dealkylation sites (tertiary alicyclic amines) is 1. The quantitative estimate of drug-likeness (QED) is 0.589. The predicted octanol–water partition coefficient (Wildman–Crippen LogP) is 0.369. The maximum atomic E-state index is 9.04. The van der Waals surface area contributed by atoms with Crippen LogP contribution in [0.5, 0.6) is 0 Å². The van der Waals surface area contributed by atoms with Crippen LogP contribution in [0.4, 0.5) is 0 Å². The van der Waals surface area contributed by atoms with Gasteiger partial charge in [0.15, 0.2) is 0 Å². The summed E-state index contributed by atoms with van der Waals surface area (Å²) in [6, 6.07) is 0. The number of aliphatic imine (C=N–C) groups is 1. The van der Waals surface area contributed by atoms with Crippen molar-refractivity contribution in [1.82, 2.24) is 4.90 Å². The Labute approximate surface area is 66.0 Å². The van der Waals surface area contributed by atoms with Crippen LogP contribution in [0.3, 0.4) is 0 Å². The molecular weight excluding hydrogens is 140 g/mol. The van der Waals surface area contributed by atoms with Crippen LogP contribution in [0.1, 0.15) is 12.8 Å². The number of β-amino-alcohol motifs (C(OH)–C–C–N with tert-alkyl or cyclic N) is 1. The maximum absolute atomic E-state index is 9.04. The molecule has 0 aliphatic carbocycles. The summed E-state index contributed by atoms with van der Waals surface area (Å²) < 4.78 is 0. The summed E-state index contributed by atoms with van der Waals surface area (Å²) in [6.07, 6.45) is 5.84. The Morgan fingerprint density at radius 3 is 2.91 bits per heavy atom. The molecule has 0 spiro atoms. The Hall–Kier alpha value is -0.830. The Bertz CT molecular complexity index is 204. The van der Waals surface area contributed by atoms with Gasteiger partial charge in [-0.1, -0.05) is 0 Å². The van der Waals surface area contributed by atoms with Crippen LogP contribution in [-0.4, -0.2) is 35.4 Å². The van der Waals surface area contributed by atoms with Crippen molar-refractivity contribution in [2.24, 2.45) is 4.99 Å². The van der Waals surface area contributed by atoms with Crippen molar-refractivity contribution in [3.63, 3.8) is 0 Å². The van der Waals surface area contributed by atoms with E-state index < -0.39 is 0 Å². The molecule has 2 rings (SSSR count). The molecule has 0 bridgehead atoms. The van der Waals surface area contributed by atoms with Gasteiger partial charge in [-0.3, -0.25) is 4.99 Å². The molecule has 0 radical (unpaired) electrons. The van der Waals surface area contributed by atoms with Crippen LogP contribution in [-0.2, 0) is 0 Å². The number of aliphatic hydroxyl groups is 1. The lowest BCUT2D eigenvalue weighted by molar-refractivity contribution is 0.0223. The van der Waals surface area contributed by atoms with Gasteiger partial charge >= 0.3 is 0 Å². The molecule has 2 aliphatic rings. The molecule has 0 aromatic rings. The summed E-state index contributed by atoms with van der Waals surface area (Å²) in [6.45, 7) is 1.59. The van der Waals surface area contributed by atoms with Gasteiger partial charge in [-0.05, 0) is 12.8 Å². The first kappa shape index (κ1) is 6.85. The van der Waals surface area contributed by atoms with Crippen molar-refractivity contribution in [2.45, 2.75) is 18.9 Å². The number of hydrogen-bond acceptors (Lipinski definition) is 3. The highest BCUT2D eigenvalue weighted by Gasteiger charge is 2.25. The van der Waals surface area contributed by atoms with E-state index in [1.54, 1.807) is 0 Å². The predicted molar refractivity (Wildman–Crippen MR) is 43.4 cm³/mol. The zero-order valence-corrected chi connectivity index (χ0v) is 6.40. The van der Waals surface area contributed by atoms with Gasteiger partial charge < -0.3 is 10.0 Å². The molecule has 3 nitrogen and oxygen atoms in total. The second kappa shape index (κ2) is 2.66. The van der Waals surface area contributed by atoms with E-state index in [0.29, 0.717) is 0 Å². The van der Waals surface area contributed by atoms with E-state index in [-0.39, 0.29) is 6.10 Å². The van der Waals surface area contributed by atoms with Gasteiger partial charge in [0, 0.05) is 31.2 Å². The summed E-state index contributed by atoms with van der Waals surface area (Å²) in [7, 11) is 0. The van der Waals surface area contributed by atoms with Crippen molar-refractivity contribution in [1.29, 1.82) is 0 Å². The van der Waals surface area contributed by atoms with Crippen LogP contribution in [0.25, 0.3) is 0 Å². The average molecular weight is 152 g/mol. The molecule has 2 aliphatic heterocycles. The van der Waals surface area contributed by atoms with Gasteiger partial charge in [0.2, 0.25) is 0 Å². The van der Waals surface area contributed by atoms with E-state index in [4.69, 9.17) is 5.11 Å². The molecule has 0 aromatic heterocycles. The third-order valence-electron chi connectivity index (χ3n) is 2.13. The third-order valence-corrected chi connectivity index (χ3v) is 2.13. The lowest BCUT2D eigenvalue weighted by atomic mass is 10.1. The van der Waals surface area contributed by atoms with Gasteiger partial charge in [0.05, 0.1) is 6.10 Å². The number of aliphatic hydroxyl groups excluding tert-OH is 1. The van der Waals surface area contributed by atoms with Gasteiger partial charge in [-0.2, -0.15) is 0 Å². The van der Waals surface area contributed by atoms with Crippen LogP contribution in [0.2, 0.25) is 0 Å². The minimum atomic E-state index is -0.109. The molecule has 2 heterocycles. The summed E-state index contributed by atoms with van der Waals surface area (Å²) in [5.41, 5.74) is 1.28. The van der Waals surface area contributed by atoms with Crippen LogP contribution in [0, 0.1) is 0 Å². The number of allylic oxidation sites excluding steroid dienone is 1. The smallest absolute Gasteiger partial charge is 0.0889 e. The molecule has 0 aromatic carbocycles. The molecular formula is C8H12N2O. The second-order valence-corrected chi connectivity index (χ2v) is 3.05. The fourth-order valence-corrected chi connectivity index (χ4v) is 1.42. The van der Waals surface area contributed by atoms with Crippen molar-refractivity contribution in [3.8, 4) is 0 Å². The van der Waals surface area contributed by atoms with Crippen LogP contribution < -0.4 is 0 Å². The van der Waals surface area contributed by atoms with E-state index in [2.05, 4.69) is 9.89 Å². The zero-order valence-electron chi connectivity index (χ0n) is 6.40. The lowest BCUT2D eigenvalue weighted by Crippen LogP contribution is -2.49. The summed E-state index contributed by atoms with van der Waals surface area (Å²) in [5, 5.41) is 9.04. The third kappa shape index (κ3) is 1.28. The van der Waals surface area contributed by atoms with E-state index in [0.717, 1.165) is 25.9 Å². The molecule has 11 heavy (non-hydrogen) atoms. The lowest BCUT2D eigenvalue weighted by Gasteiger charge is -2.39. The second-order valence-electron chi connectivity index (χ2n) is 3.05. The van der Waals surface area contributed by atoms with Crippen molar-refractivity contribution < 1.29 is 5.11 Å². The summed E-state index contributed by atoms with van der Waals surface area (Å²) in [4.78, 5) is 6.26. The van der Waals surface area contributed by atoms with Gasteiger partial charge in [-0.25, -0.2) is 0 Å². The Morgan fingerprint density at radius 1 is 1.55 bits per heavy atom. The highest BCUT2D eigenvalue weighted by atomic mass is 16.3. The molecule has 0 unspecified atom stereocenters. The highest BCUT2D eigenvalue weighted by Crippen LogP contribution is 2.20. The fraction of sp³-hybridized carbons (Fsp3) is 0.625. The van der Waals surface area contributed by atoms with Gasteiger partial charge in [0.1, 0.15) is 0 Å². The first-order valence-corrected chi connectivity index (χ1v) is 4.00. The Morgan fingerprint density at radius 2 is 2.36 bits per heavy atom. The molecule has 0 atom stereocenters. The monoisotopic (exact) mass is 152 g/mol. The summed E-state index contributed by atoms with van der Waals surface area (Å²) in [5.74, 6) is 0. The highest BCUT2D eigenvalue weighted by molar-refractivity contribution is 5.60. The van der Waals surface area contributed by atoms with Crippen LogP contribution in [0.15, 0.2) is 16.9 Å². The SMILES string of the molecule is OC1CN(C2=CN=CCC2)C1.